The molecule has 0 radical (unpaired) electrons. The third-order valence-corrected chi connectivity index (χ3v) is 2.96. The van der Waals surface area contributed by atoms with Gasteiger partial charge >= 0.3 is 0 Å². The third-order valence-electron chi connectivity index (χ3n) is 2.96. The molecule has 0 aromatic carbocycles. The zero-order chi connectivity index (χ0) is 10.5. The second-order valence-electron chi connectivity index (χ2n) is 4.23. The minimum atomic E-state index is -0.252. The Balaban J connectivity index is 1.81. The Bertz CT molecular complexity index is 308. The van der Waals surface area contributed by atoms with Crippen LogP contribution in [0.5, 0.6) is 0 Å². The van der Waals surface area contributed by atoms with Crippen molar-refractivity contribution in [2.24, 2.45) is 0 Å². The Morgan fingerprint density at radius 1 is 1.27 bits per heavy atom. The van der Waals surface area contributed by atoms with E-state index in [-0.39, 0.29) is 5.82 Å². The van der Waals surface area contributed by atoms with Gasteiger partial charge in [-0.15, -0.1) is 0 Å². The van der Waals surface area contributed by atoms with Gasteiger partial charge in [-0.3, -0.25) is 4.98 Å². The largest absolute Gasteiger partial charge is 0.310 e. The molecule has 1 saturated carbocycles. The minimum Gasteiger partial charge on any atom is -0.310 e. The normalized spacial score (nSPS) is 17.9. The number of hydrogen-bond acceptors (Lipinski definition) is 2. The molecule has 0 unspecified atom stereocenters. The molecule has 1 aromatic heterocycles. The molecular formula is C12H17FN2. The fourth-order valence-corrected chi connectivity index (χ4v) is 2.12. The van der Waals surface area contributed by atoms with Crippen molar-refractivity contribution >= 4 is 0 Å². The van der Waals surface area contributed by atoms with Gasteiger partial charge in [0.1, 0.15) is 5.82 Å². The highest BCUT2D eigenvalue weighted by molar-refractivity contribution is 5.09. The van der Waals surface area contributed by atoms with Gasteiger partial charge in [-0.25, -0.2) is 4.39 Å². The molecule has 1 aliphatic rings. The molecule has 82 valence electrons. The van der Waals surface area contributed by atoms with Crippen LogP contribution >= 0.6 is 0 Å². The van der Waals surface area contributed by atoms with Crippen LogP contribution in [0, 0.1) is 5.82 Å². The van der Waals surface area contributed by atoms with Crippen LogP contribution in [0.3, 0.4) is 0 Å². The van der Waals surface area contributed by atoms with E-state index in [2.05, 4.69) is 10.3 Å². The van der Waals surface area contributed by atoms with E-state index in [0.29, 0.717) is 6.04 Å². The summed E-state index contributed by atoms with van der Waals surface area (Å²) in [6.07, 6.45) is 9.46. The first-order valence-electron chi connectivity index (χ1n) is 5.67. The van der Waals surface area contributed by atoms with Gasteiger partial charge < -0.3 is 5.32 Å². The molecule has 0 spiro atoms. The van der Waals surface area contributed by atoms with E-state index in [0.717, 1.165) is 12.1 Å². The average molecular weight is 208 g/mol. The lowest BCUT2D eigenvalue weighted by atomic mass is 9.95. The van der Waals surface area contributed by atoms with Crippen molar-refractivity contribution in [2.45, 2.75) is 44.7 Å². The Hall–Kier alpha value is -0.960. The zero-order valence-corrected chi connectivity index (χ0v) is 8.88. The van der Waals surface area contributed by atoms with Gasteiger partial charge in [-0.05, 0) is 24.5 Å². The number of halogens is 1. The van der Waals surface area contributed by atoms with E-state index in [1.807, 2.05) is 0 Å². The molecule has 1 fully saturated rings. The molecular weight excluding hydrogens is 191 g/mol. The van der Waals surface area contributed by atoms with Crippen molar-refractivity contribution in [3.8, 4) is 0 Å². The third kappa shape index (κ3) is 3.27. The molecule has 0 aliphatic heterocycles. The van der Waals surface area contributed by atoms with Gasteiger partial charge in [0, 0.05) is 18.8 Å². The predicted molar refractivity (Wildman–Crippen MR) is 57.9 cm³/mol. The number of nitrogens with one attached hydrogen (secondary N) is 1. The summed E-state index contributed by atoms with van der Waals surface area (Å²) in [4.78, 5) is 3.83. The molecule has 0 saturated heterocycles. The fraction of sp³-hybridized carbons (Fsp3) is 0.583. The Morgan fingerprint density at radius 2 is 2.07 bits per heavy atom. The van der Waals surface area contributed by atoms with Crippen LogP contribution in [0.1, 0.15) is 37.7 Å². The lowest BCUT2D eigenvalue weighted by Gasteiger charge is -2.22. The summed E-state index contributed by atoms with van der Waals surface area (Å²) in [6, 6.07) is 2.16. The van der Waals surface area contributed by atoms with Gasteiger partial charge in [0.15, 0.2) is 0 Å². The number of hydrogen-bond donors (Lipinski definition) is 1. The van der Waals surface area contributed by atoms with Gasteiger partial charge in [-0.1, -0.05) is 19.3 Å². The molecule has 2 rings (SSSR count). The maximum atomic E-state index is 12.8. The maximum absolute atomic E-state index is 12.8. The van der Waals surface area contributed by atoms with Gasteiger partial charge in [0.25, 0.3) is 0 Å². The van der Waals surface area contributed by atoms with Crippen molar-refractivity contribution in [1.82, 2.24) is 10.3 Å². The average Bonchev–Trinajstić information content (AvgIpc) is 2.28. The molecule has 3 heteroatoms. The van der Waals surface area contributed by atoms with E-state index in [9.17, 15) is 4.39 Å². The molecule has 1 aromatic rings. The highest BCUT2D eigenvalue weighted by Gasteiger charge is 2.12. The summed E-state index contributed by atoms with van der Waals surface area (Å²) in [5, 5.41) is 3.46. The topological polar surface area (TPSA) is 24.9 Å². The summed E-state index contributed by atoms with van der Waals surface area (Å²) in [5.41, 5.74) is 0.931. The van der Waals surface area contributed by atoms with Crippen LogP contribution < -0.4 is 5.32 Å². The number of pyridine rings is 1. The van der Waals surface area contributed by atoms with Gasteiger partial charge in [0.2, 0.25) is 0 Å². The Kier molecular flexibility index (Phi) is 3.67. The lowest BCUT2D eigenvalue weighted by molar-refractivity contribution is 0.372. The zero-order valence-electron chi connectivity index (χ0n) is 8.88. The smallest absolute Gasteiger partial charge is 0.141 e. The van der Waals surface area contributed by atoms with Crippen molar-refractivity contribution in [2.75, 3.05) is 0 Å². The Labute approximate surface area is 89.9 Å². The Morgan fingerprint density at radius 3 is 2.80 bits per heavy atom. The van der Waals surface area contributed by atoms with Crippen LogP contribution in [0.15, 0.2) is 18.5 Å². The van der Waals surface area contributed by atoms with E-state index in [4.69, 9.17) is 0 Å². The summed E-state index contributed by atoms with van der Waals surface area (Å²) in [5.74, 6) is -0.252. The first-order chi connectivity index (χ1) is 7.34. The van der Waals surface area contributed by atoms with E-state index < -0.39 is 0 Å². The minimum absolute atomic E-state index is 0.252. The quantitative estimate of drug-likeness (QED) is 0.826. The standard InChI is InChI=1S/C12H17FN2/c13-11-6-10(7-14-9-11)8-15-12-4-2-1-3-5-12/h6-7,9,12,15H,1-5,8H2. The van der Waals surface area contributed by atoms with Crippen LogP contribution in [-0.4, -0.2) is 11.0 Å². The molecule has 0 amide bonds. The van der Waals surface area contributed by atoms with Gasteiger partial charge in [-0.2, -0.15) is 0 Å². The second kappa shape index (κ2) is 5.21. The highest BCUT2D eigenvalue weighted by atomic mass is 19.1. The summed E-state index contributed by atoms with van der Waals surface area (Å²) < 4.78 is 12.8. The summed E-state index contributed by atoms with van der Waals surface area (Å²) in [6.45, 7) is 0.732. The molecule has 1 aliphatic carbocycles. The maximum Gasteiger partial charge on any atom is 0.141 e. The fourth-order valence-electron chi connectivity index (χ4n) is 2.12. The molecule has 15 heavy (non-hydrogen) atoms. The van der Waals surface area contributed by atoms with Crippen molar-refractivity contribution < 1.29 is 4.39 Å². The van der Waals surface area contributed by atoms with Crippen LogP contribution in [0.2, 0.25) is 0 Å². The highest BCUT2D eigenvalue weighted by Crippen LogP contribution is 2.17. The predicted octanol–water partition coefficient (Wildman–Crippen LogP) is 2.64. The summed E-state index contributed by atoms with van der Waals surface area (Å²) in [7, 11) is 0. The van der Waals surface area contributed by atoms with Crippen molar-refractivity contribution in [3.05, 3.63) is 29.8 Å². The first-order valence-corrected chi connectivity index (χ1v) is 5.67. The van der Waals surface area contributed by atoms with E-state index in [1.54, 1.807) is 12.3 Å². The molecule has 1 N–H and O–H groups in total. The van der Waals surface area contributed by atoms with Crippen LogP contribution in [0.25, 0.3) is 0 Å². The molecule has 2 nitrogen and oxygen atoms in total. The monoisotopic (exact) mass is 208 g/mol. The second-order valence-corrected chi connectivity index (χ2v) is 4.23. The van der Waals surface area contributed by atoms with Crippen LogP contribution in [0.4, 0.5) is 4.39 Å². The molecule has 1 heterocycles. The summed E-state index contributed by atoms with van der Waals surface area (Å²) >= 11 is 0. The SMILES string of the molecule is Fc1cncc(CNC2CCCCC2)c1. The number of nitrogens with zero attached hydrogens (tertiary/aromatic N) is 1. The first kappa shape index (κ1) is 10.6. The van der Waals surface area contributed by atoms with Gasteiger partial charge in [0.05, 0.1) is 6.20 Å². The number of aromatic nitrogens is 1. The van der Waals surface area contributed by atoms with E-state index in [1.165, 1.54) is 38.3 Å². The van der Waals surface area contributed by atoms with Crippen LogP contribution in [-0.2, 0) is 6.54 Å². The number of rotatable bonds is 3. The molecule has 0 bridgehead atoms. The van der Waals surface area contributed by atoms with Crippen molar-refractivity contribution in [3.63, 3.8) is 0 Å². The van der Waals surface area contributed by atoms with Crippen molar-refractivity contribution in [1.29, 1.82) is 0 Å². The van der Waals surface area contributed by atoms with E-state index >= 15 is 0 Å². The lowest BCUT2D eigenvalue weighted by Crippen LogP contribution is -2.30. The molecule has 0 atom stereocenters.